The summed E-state index contributed by atoms with van der Waals surface area (Å²) in [7, 11) is 0. The van der Waals surface area contributed by atoms with Gasteiger partial charge in [0.1, 0.15) is 0 Å². The summed E-state index contributed by atoms with van der Waals surface area (Å²) in [5, 5.41) is 3.39. The molecule has 0 saturated carbocycles. The van der Waals surface area contributed by atoms with Crippen LogP contribution in [0, 0.1) is 11.8 Å². The van der Waals surface area contributed by atoms with Crippen LogP contribution in [0.25, 0.3) is 0 Å². The van der Waals surface area contributed by atoms with E-state index in [0.717, 1.165) is 17.9 Å². The van der Waals surface area contributed by atoms with Crippen LogP contribution in [-0.4, -0.2) is 61.7 Å². The summed E-state index contributed by atoms with van der Waals surface area (Å²) >= 11 is 0. The van der Waals surface area contributed by atoms with Gasteiger partial charge in [-0.2, -0.15) is 0 Å². The summed E-state index contributed by atoms with van der Waals surface area (Å²) in [4.78, 5) is 5.51. The van der Waals surface area contributed by atoms with Gasteiger partial charge in [0.05, 0.1) is 0 Å². The summed E-state index contributed by atoms with van der Waals surface area (Å²) in [6.45, 7) is 15.6. The molecule has 0 aromatic heterocycles. The van der Waals surface area contributed by atoms with Crippen LogP contribution in [0.5, 0.6) is 0 Å². The molecule has 1 N–H and O–H groups in total. The third kappa shape index (κ3) is 4.94. The Kier molecular flexibility index (Phi) is 7.48. The van der Waals surface area contributed by atoms with Crippen LogP contribution in [0.4, 0.5) is 0 Å². The molecule has 0 amide bonds. The van der Waals surface area contributed by atoms with E-state index in [1.54, 1.807) is 0 Å². The number of piperidine rings is 2. The van der Waals surface area contributed by atoms with Crippen LogP contribution in [0.3, 0.4) is 0 Å². The summed E-state index contributed by atoms with van der Waals surface area (Å²) in [5.74, 6) is 1.96. The Morgan fingerprint density at radius 2 is 1.48 bits per heavy atom. The lowest BCUT2D eigenvalue weighted by atomic mass is 9.91. The van der Waals surface area contributed by atoms with Gasteiger partial charge >= 0.3 is 0 Å². The summed E-state index contributed by atoms with van der Waals surface area (Å²) in [6, 6.07) is 0.897. The first-order valence-corrected chi connectivity index (χ1v) is 9.52. The molecule has 3 nitrogen and oxygen atoms in total. The third-order valence-electron chi connectivity index (χ3n) is 5.68. The molecular weight excluding hydrogens is 258 g/mol. The van der Waals surface area contributed by atoms with Crippen molar-refractivity contribution in [2.24, 2.45) is 11.8 Å². The van der Waals surface area contributed by atoms with E-state index in [1.807, 2.05) is 13.8 Å². The summed E-state index contributed by atoms with van der Waals surface area (Å²) < 4.78 is 0. The largest absolute Gasteiger partial charge is 0.316 e. The highest BCUT2D eigenvalue weighted by atomic mass is 15.2. The lowest BCUT2D eigenvalue weighted by Crippen LogP contribution is -2.52. The second kappa shape index (κ2) is 9.12. The van der Waals surface area contributed by atoms with Gasteiger partial charge in [-0.3, -0.25) is 0 Å². The first-order valence-electron chi connectivity index (χ1n) is 9.52. The Morgan fingerprint density at radius 1 is 0.857 bits per heavy atom. The fourth-order valence-corrected chi connectivity index (χ4v) is 4.04. The summed E-state index contributed by atoms with van der Waals surface area (Å²) in [6.07, 6.45) is 7.12. The first kappa shape index (κ1) is 17.2. The molecule has 0 unspecified atom stereocenters. The van der Waals surface area contributed by atoms with Gasteiger partial charge < -0.3 is 15.1 Å². The molecule has 0 spiro atoms. The van der Waals surface area contributed by atoms with Crippen molar-refractivity contribution in [1.29, 1.82) is 0 Å². The molecule has 3 rings (SSSR count). The van der Waals surface area contributed by atoms with E-state index in [9.17, 15) is 0 Å². The van der Waals surface area contributed by atoms with Crippen molar-refractivity contribution in [3.05, 3.63) is 0 Å². The predicted molar refractivity (Wildman–Crippen MR) is 91.8 cm³/mol. The summed E-state index contributed by atoms with van der Waals surface area (Å²) in [5.41, 5.74) is 0. The second-order valence-corrected chi connectivity index (χ2v) is 6.94. The maximum absolute atomic E-state index is 3.39. The van der Waals surface area contributed by atoms with Gasteiger partial charge in [-0.1, -0.05) is 27.2 Å². The first-order chi connectivity index (χ1) is 10.3. The van der Waals surface area contributed by atoms with Gasteiger partial charge in [0.2, 0.25) is 0 Å². The minimum absolute atomic E-state index is 0.897. The van der Waals surface area contributed by atoms with Gasteiger partial charge in [0.15, 0.2) is 0 Å². The number of nitrogens with one attached hydrogen (secondary N) is 1. The van der Waals surface area contributed by atoms with E-state index in [4.69, 9.17) is 0 Å². The number of rotatable bonds is 4. The maximum Gasteiger partial charge on any atom is 0.0120 e. The lowest BCUT2D eigenvalue weighted by molar-refractivity contribution is 0.0676. The molecule has 3 heterocycles. The van der Waals surface area contributed by atoms with Crippen LogP contribution in [0.15, 0.2) is 0 Å². The van der Waals surface area contributed by atoms with Crippen molar-refractivity contribution < 1.29 is 0 Å². The topological polar surface area (TPSA) is 18.5 Å². The van der Waals surface area contributed by atoms with Crippen molar-refractivity contribution in [2.45, 2.75) is 58.9 Å². The Labute approximate surface area is 132 Å². The number of nitrogens with zero attached hydrogens (tertiary/aromatic N) is 2. The van der Waals surface area contributed by atoms with Crippen LogP contribution in [-0.2, 0) is 0 Å². The third-order valence-corrected chi connectivity index (χ3v) is 5.68. The second-order valence-electron chi connectivity index (χ2n) is 6.94. The van der Waals surface area contributed by atoms with Crippen molar-refractivity contribution in [1.82, 2.24) is 15.1 Å². The zero-order valence-electron chi connectivity index (χ0n) is 14.6. The molecule has 3 aliphatic heterocycles. The Balaban J connectivity index is 0.000000774. The van der Waals surface area contributed by atoms with Gasteiger partial charge in [-0.25, -0.2) is 0 Å². The van der Waals surface area contributed by atoms with E-state index >= 15 is 0 Å². The molecule has 0 atom stereocenters. The normalized spacial score (nSPS) is 27.0. The molecule has 3 saturated heterocycles. The van der Waals surface area contributed by atoms with Crippen LogP contribution in [0.1, 0.15) is 52.9 Å². The van der Waals surface area contributed by atoms with Crippen LogP contribution >= 0.6 is 0 Å². The Bertz CT molecular complexity index is 262. The van der Waals surface area contributed by atoms with Gasteiger partial charge in [0, 0.05) is 25.7 Å². The van der Waals surface area contributed by atoms with Crippen LogP contribution < -0.4 is 5.32 Å². The number of hydrogen-bond acceptors (Lipinski definition) is 3. The smallest absolute Gasteiger partial charge is 0.0120 e. The maximum atomic E-state index is 3.39. The van der Waals surface area contributed by atoms with E-state index in [-0.39, 0.29) is 0 Å². The number of hydrogen-bond donors (Lipinski definition) is 1. The molecule has 124 valence electrons. The lowest BCUT2D eigenvalue weighted by Gasteiger charge is -2.43. The van der Waals surface area contributed by atoms with Gasteiger partial charge in [-0.15, -0.1) is 0 Å². The van der Waals surface area contributed by atoms with Crippen molar-refractivity contribution >= 4 is 0 Å². The highest BCUT2D eigenvalue weighted by Crippen LogP contribution is 2.25. The molecule has 0 aromatic rings. The highest BCUT2D eigenvalue weighted by Gasteiger charge is 2.29. The van der Waals surface area contributed by atoms with E-state index in [0.29, 0.717) is 0 Å². The molecule has 21 heavy (non-hydrogen) atoms. The molecule has 0 radical (unpaired) electrons. The van der Waals surface area contributed by atoms with Crippen molar-refractivity contribution in [3.8, 4) is 0 Å². The number of likely N-dealkylation sites (tertiary alicyclic amines) is 2. The van der Waals surface area contributed by atoms with Crippen molar-refractivity contribution in [3.63, 3.8) is 0 Å². The highest BCUT2D eigenvalue weighted by molar-refractivity contribution is 4.85. The Morgan fingerprint density at radius 3 is 1.95 bits per heavy atom. The van der Waals surface area contributed by atoms with E-state index in [1.165, 1.54) is 77.9 Å². The van der Waals surface area contributed by atoms with Crippen LogP contribution in [0.2, 0.25) is 0 Å². The SMILES string of the molecule is CC.CCC1CCN(C2CCN(CC3CNC3)CC2)CC1. The minimum Gasteiger partial charge on any atom is -0.316 e. The van der Waals surface area contributed by atoms with Gasteiger partial charge in [-0.05, 0) is 63.7 Å². The van der Waals surface area contributed by atoms with E-state index in [2.05, 4.69) is 22.0 Å². The van der Waals surface area contributed by atoms with E-state index < -0.39 is 0 Å². The van der Waals surface area contributed by atoms with Gasteiger partial charge in [0.25, 0.3) is 0 Å². The zero-order chi connectivity index (χ0) is 15.1. The standard InChI is InChI=1S/C16H31N3.C2H6/c1-2-14-3-9-19(10-4-14)16-5-7-18(8-6-16)13-15-11-17-12-15;1-2/h14-17H,2-13H2,1H3;1-2H3. The molecule has 3 fully saturated rings. The Hall–Kier alpha value is -0.120. The predicted octanol–water partition coefficient (Wildman–Crippen LogP) is 2.82. The molecule has 0 bridgehead atoms. The quantitative estimate of drug-likeness (QED) is 0.860. The average molecular weight is 296 g/mol. The zero-order valence-corrected chi connectivity index (χ0v) is 14.6. The molecule has 3 aliphatic rings. The molecule has 0 aliphatic carbocycles. The average Bonchev–Trinajstić information content (AvgIpc) is 2.54. The molecule has 0 aromatic carbocycles. The molecular formula is C18H37N3. The fourth-order valence-electron chi connectivity index (χ4n) is 4.04. The van der Waals surface area contributed by atoms with Crippen molar-refractivity contribution in [2.75, 3.05) is 45.8 Å². The monoisotopic (exact) mass is 295 g/mol. The minimum atomic E-state index is 0.897. The molecule has 3 heteroatoms. The fraction of sp³-hybridized carbons (Fsp3) is 1.00.